The highest BCUT2D eigenvalue weighted by molar-refractivity contribution is 5.85. The number of benzene rings is 1. The maximum atomic E-state index is 11.7. The summed E-state index contributed by atoms with van der Waals surface area (Å²) in [6.07, 6.45) is -0.478. The van der Waals surface area contributed by atoms with Crippen molar-refractivity contribution in [1.29, 1.82) is 0 Å². The second kappa shape index (κ2) is 6.61. The van der Waals surface area contributed by atoms with Gasteiger partial charge < -0.3 is 15.2 Å². The summed E-state index contributed by atoms with van der Waals surface area (Å²) in [6, 6.07) is 5.45. The fourth-order valence-electron chi connectivity index (χ4n) is 1.75. The molecule has 1 unspecified atom stereocenters. The van der Waals surface area contributed by atoms with Gasteiger partial charge in [-0.15, -0.1) is 0 Å². The zero-order valence-electron chi connectivity index (χ0n) is 12.8. The van der Waals surface area contributed by atoms with Crippen molar-refractivity contribution in [3.8, 4) is 5.75 Å². The third-order valence-electron chi connectivity index (χ3n) is 2.76. The highest BCUT2D eigenvalue weighted by atomic mass is 16.6. The first kappa shape index (κ1) is 16.3. The van der Waals surface area contributed by atoms with Crippen LogP contribution in [0.15, 0.2) is 18.2 Å². The first-order valence-electron chi connectivity index (χ1n) is 6.65. The van der Waals surface area contributed by atoms with Gasteiger partial charge >= 0.3 is 6.09 Å². The molecule has 0 saturated heterocycles. The van der Waals surface area contributed by atoms with E-state index in [1.807, 2.05) is 39.8 Å². The van der Waals surface area contributed by atoms with Gasteiger partial charge in [0.15, 0.2) is 0 Å². The van der Waals surface area contributed by atoms with Gasteiger partial charge in [0.05, 0.1) is 7.11 Å². The summed E-state index contributed by atoms with van der Waals surface area (Å²) >= 11 is 0. The van der Waals surface area contributed by atoms with Crippen LogP contribution in [-0.2, 0) is 4.74 Å². The van der Waals surface area contributed by atoms with Crippen LogP contribution in [0.5, 0.6) is 5.75 Å². The van der Waals surface area contributed by atoms with Gasteiger partial charge in [-0.2, -0.15) is 0 Å². The summed E-state index contributed by atoms with van der Waals surface area (Å²) < 4.78 is 10.5. The third kappa shape index (κ3) is 4.74. The van der Waals surface area contributed by atoms with Gasteiger partial charge in [0, 0.05) is 11.3 Å². The summed E-state index contributed by atoms with van der Waals surface area (Å²) in [4.78, 5) is 11.7. The first-order chi connectivity index (χ1) is 9.26. The number of anilines is 1. The van der Waals surface area contributed by atoms with Gasteiger partial charge in [0.25, 0.3) is 0 Å². The average molecular weight is 280 g/mol. The van der Waals surface area contributed by atoms with E-state index in [-0.39, 0.29) is 5.92 Å². The number of hydrogen-bond donors (Lipinski definition) is 2. The van der Waals surface area contributed by atoms with Crippen LogP contribution in [0.4, 0.5) is 10.5 Å². The number of amides is 1. The van der Waals surface area contributed by atoms with Crippen LogP contribution >= 0.6 is 0 Å². The lowest BCUT2D eigenvalue weighted by Crippen LogP contribution is -2.27. The second-order valence-corrected chi connectivity index (χ2v) is 5.72. The van der Waals surface area contributed by atoms with E-state index in [9.17, 15) is 4.79 Å². The molecule has 5 nitrogen and oxygen atoms in total. The molecule has 3 N–H and O–H groups in total. The molecule has 1 aromatic carbocycles. The largest absolute Gasteiger partial charge is 0.496 e. The molecule has 0 aliphatic heterocycles. The van der Waals surface area contributed by atoms with E-state index in [1.165, 1.54) is 0 Å². The number of ether oxygens (including phenoxy) is 2. The average Bonchev–Trinajstić information content (AvgIpc) is 2.35. The standard InChI is InChI=1S/C15H24N2O3/c1-10(9-16)12-8-11(6-7-13(12)19-5)17-14(18)20-15(2,3)4/h6-8,10H,9,16H2,1-5H3,(H,17,18). The minimum absolute atomic E-state index is 0.144. The molecule has 5 heteroatoms. The van der Waals surface area contributed by atoms with Crippen molar-refractivity contribution in [2.45, 2.75) is 39.2 Å². The SMILES string of the molecule is COc1ccc(NC(=O)OC(C)(C)C)cc1C(C)CN. The van der Waals surface area contributed by atoms with Crippen LogP contribution < -0.4 is 15.8 Å². The van der Waals surface area contributed by atoms with Crippen molar-refractivity contribution < 1.29 is 14.3 Å². The van der Waals surface area contributed by atoms with Crippen molar-refractivity contribution in [2.24, 2.45) is 5.73 Å². The van der Waals surface area contributed by atoms with Crippen LogP contribution in [0.2, 0.25) is 0 Å². The van der Waals surface area contributed by atoms with Crippen LogP contribution in [0.3, 0.4) is 0 Å². The van der Waals surface area contributed by atoms with E-state index in [1.54, 1.807) is 13.2 Å². The van der Waals surface area contributed by atoms with Crippen LogP contribution in [0.1, 0.15) is 39.2 Å². The van der Waals surface area contributed by atoms with Crippen LogP contribution in [-0.4, -0.2) is 25.3 Å². The monoisotopic (exact) mass is 280 g/mol. The Kier molecular flexibility index (Phi) is 5.39. The Labute approximate surface area is 120 Å². The van der Waals surface area contributed by atoms with E-state index in [0.29, 0.717) is 12.2 Å². The number of carbonyl (C=O) groups excluding carboxylic acids is 1. The Morgan fingerprint density at radius 1 is 1.40 bits per heavy atom. The number of hydrogen-bond acceptors (Lipinski definition) is 4. The summed E-state index contributed by atoms with van der Waals surface area (Å²) in [5.41, 5.74) is 6.79. The van der Waals surface area contributed by atoms with Gasteiger partial charge in [-0.05, 0) is 51.4 Å². The van der Waals surface area contributed by atoms with Crippen molar-refractivity contribution in [3.05, 3.63) is 23.8 Å². The van der Waals surface area contributed by atoms with Crippen molar-refractivity contribution in [2.75, 3.05) is 19.0 Å². The molecule has 0 aliphatic rings. The second-order valence-electron chi connectivity index (χ2n) is 5.72. The van der Waals surface area contributed by atoms with Gasteiger partial charge in [0.2, 0.25) is 0 Å². The number of methoxy groups -OCH3 is 1. The van der Waals surface area contributed by atoms with Gasteiger partial charge in [0.1, 0.15) is 11.4 Å². The molecule has 112 valence electrons. The molecule has 1 rings (SSSR count). The summed E-state index contributed by atoms with van der Waals surface area (Å²) in [5.74, 6) is 0.906. The van der Waals surface area contributed by atoms with E-state index < -0.39 is 11.7 Å². The zero-order chi connectivity index (χ0) is 15.3. The lowest BCUT2D eigenvalue weighted by molar-refractivity contribution is 0.0636. The maximum absolute atomic E-state index is 11.7. The molecule has 0 aliphatic carbocycles. The Morgan fingerprint density at radius 3 is 2.55 bits per heavy atom. The predicted octanol–water partition coefficient (Wildman–Crippen LogP) is 3.10. The van der Waals surface area contributed by atoms with Crippen LogP contribution in [0, 0.1) is 0 Å². The molecule has 1 aromatic rings. The zero-order valence-corrected chi connectivity index (χ0v) is 12.8. The summed E-state index contributed by atoms with van der Waals surface area (Å²) in [7, 11) is 1.61. The van der Waals surface area contributed by atoms with E-state index in [4.69, 9.17) is 15.2 Å². The molecule has 1 amide bonds. The number of carbonyl (C=O) groups is 1. The van der Waals surface area contributed by atoms with Gasteiger partial charge in [-0.25, -0.2) is 4.79 Å². The highest BCUT2D eigenvalue weighted by Crippen LogP contribution is 2.29. The normalized spacial score (nSPS) is 12.7. The van der Waals surface area contributed by atoms with Gasteiger partial charge in [-0.1, -0.05) is 6.92 Å². The smallest absolute Gasteiger partial charge is 0.412 e. The van der Waals surface area contributed by atoms with Crippen molar-refractivity contribution in [3.63, 3.8) is 0 Å². The Morgan fingerprint density at radius 2 is 2.05 bits per heavy atom. The number of rotatable bonds is 4. The minimum atomic E-state index is -0.524. The maximum Gasteiger partial charge on any atom is 0.412 e. The topological polar surface area (TPSA) is 73.6 Å². The fourth-order valence-corrected chi connectivity index (χ4v) is 1.75. The molecule has 0 aromatic heterocycles. The molecular formula is C15H24N2O3. The lowest BCUT2D eigenvalue weighted by atomic mass is 9.99. The Bertz CT molecular complexity index is 467. The molecule has 1 atom stereocenters. The quantitative estimate of drug-likeness (QED) is 0.888. The molecule has 0 fully saturated rings. The Balaban J connectivity index is 2.89. The molecule has 0 spiro atoms. The predicted molar refractivity (Wildman–Crippen MR) is 80.3 cm³/mol. The molecule has 0 heterocycles. The van der Waals surface area contributed by atoms with Crippen molar-refractivity contribution in [1.82, 2.24) is 0 Å². The summed E-state index contributed by atoms with van der Waals surface area (Å²) in [5, 5.41) is 2.71. The number of nitrogens with one attached hydrogen (secondary N) is 1. The lowest BCUT2D eigenvalue weighted by Gasteiger charge is -2.20. The van der Waals surface area contributed by atoms with E-state index in [0.717, 1.165) is 11.3 Å². The molecule has 20 heavy (non-hydrogen) atoms. The molecule has 0 bridgehead atoms. The van der Waals surface area contributed by atoms with Gasteiger partial charge in [-0.3, -0.25) is 5.32 Å². The van der Waals surface area contributed by atoms with E-state index in [2.05, 4.69) is 5.32 Å². The molecule has 0 saturated carbocycles. The summed E-state index contributed by atoms with van der Waals surface area (Å²) in [6.45, 7) is 7.98. The highest BCUT2D eigenvalue weighted by Gasteiger charge is 2.17. The molecular weight excluding hydrogens is 256 g/mol. The number of nitrogens with two attached hydrogens (primary N) is 1. The first-order valence-corrected chi connectivity index (χ1v) is 6.65. The minimum Gasteiger partial charge on any atom is -0.496 e. The Hall–Kier alpha value is -1.75. The van der Waals surface area contributed by atoms with Crippen molar-refractivity contribution >= 4 is 11.8 Å². The molecule has 0 radical (unpaired) electrons. The van der Waals surface area contributed by atoms with E-state index >= 15 is 0 Å². The fraction of sp³-hybridized carbons (Fsp3) is 0.533. The van der Waals surface area contributed by atoms with Crippen LogP contribution in [0.25, 0.3) is 0 Å². The third-order valence-corrected chi connectivity index (χ3v) is 2.76.